The summed E-state index contributed by atoms with van der Waals surface area (Å²) in [5.41, 5.74) is 5.80. The Morgan fingerprint density at radius 1 is 1.35 bits per heavy atom. The van der Waals surface area contributed by atoms with Crippen molar-refractivity contribution in [3.05, 3.63) is 27.7 Å². The van der Waals surface area contributed by atoms with E-state index < -0.39 is 11.9 Å². The molecule has 0 aliphatic heterocycles. The smallest absolute Gasteiger partial charge is 0.338 e. The number of benzene rings is 1. The van der Waals surface area contributed by atoms with Gasteiger partial charge in [0.1, 0.15) is 6.61 Å². The van der Waals surface area contributed by atoms with Gasteiger partial charge in [-0.3, -0.25) is 4.79 Å². The number of hydrogen-bond donors (Lipinski definition) is 2. The first-order valence-corrected chi connectivity index (χ1v) is 5.31. The largest absolute Gasteiger partial charge is 0.481 e. The number of anilines is 1. The SMILES string of the molecule is Nc1cc(C(=O)OCCC(=O)O)cc(Cl)c1Cl. The molecule has 1 rings (SSSR count). The van der Waals surface area contributed by atoms with E-state index in [-0.39, 0.29) is 34.3 Å². The molecule has 0 atom stereocenters. The highest BCUT2D eigenvalue weighted by Gasteiger charge is 2.12. The van der Waals surface area contributed by atoms with Crippen molar-refractivity contribution < 1.29 is 19.4 Å². The summed E-state index contributed by atoms with van der Waals surface area (Å²) in [4.78, 5) is 21.7. The van der Waals surface area contributed by atoms with Crippen LogP contribution in [-0.2, 0) is 9.53 Å². The van der Waals surface area contributed by atoms with Crippen LogP contribution < -0.4 is 5.73 Å². The maximum Gasteiger partial charge on any atom is 0.338 e. The maximum absolute atomic E-state index is 11.5. The fourth-order valence-electron chi connectivity index (χ4n) is 1.04. The highest BCUT2D eigenvalue weighted by molar-refractivity contribution is 6.43. The zero-order chi connectivity index (χ0) is 13.0. The molecule has 0 bridgehead atoms. The molecule has 5 nitrogen and oxygen atoms in total. The van der Waals surface area contributed by atoms with Crippen molar-refractivity contribution in [2.24, 2.45) is 0 Å². The second kappa shape index (κ2) is 5.75. The van der Waals surface area contributed by atoms with E-state index in [9.17, 15) is 9.59 Å². The minimum Gasteiger partial charge on any atom is -0.481 e. The molecular formula is C10H9Cl2NO4. The van der Waals surface area contributed by atoms with Crippen LogP contribution in [0, 0.1) is 0 Å². The molecule has 0 fully saturated rings. The van der Waals surface area contributed by atoms with E-state index in [0.29, 0.717) is 0 Å². The first-order chi connectivity index (χ1) is 7.91. The molecule has 0 aliphatic rings. The number of carbonyl (C=O) groups excluding carboxylic acids is 1. The van der Waals surface area contributed by atoms with E-state index in [1.54, 1.807) is 0 Å². The van der Waals surface area contributed by atoms with Gasteiger partial charge < -0.3 is 15.6 Å². The van der Waals surface area contributed by atoms with Crippen LogP contribution in [0.3, 0.4) is 0 Å². The zero-order valence-electron chi connectivity index (χ0n) is 8.57. The van der Waals surface area contributed by atoms with Crippen LogP contribution in [0.25, 0.3) is 0 Å². The summed E-state index contributed by atoms with van der Waals surface area (Å²) in [5.74, 6) is -1.75. The standard InChI is InChI=1S/C10H9Cl2NO4/c11-6-3-5(4-7(13)9(6)12)10(16)17-2-1-8(14)15/h3-4H,1-2,13H2,(H,14,15). The van der Waals surface area contributed by atoms with Gasteiger partial charge in [-0.25, -0.2) is 4.79 Å². The molecular weight excluding hydrogens is 269 g/mol. The summed E-state index contributed by atoms with van der Waals surface area (Å²) in [7, 11) is 0. The lowest BCUT2D eigenvalue weighted by Crippen LogP contribution is -2.10. The number of aliphatic carboxylic acids is 1. The second-order valence-corrected chi connectivity index (χ2v) is 3.93. The maximum atomic E-state index is 11.5. The number of carboxylic acid groups (broad SMARTS) is 1. The number of ether oxygens (including phenoxy) is 1. The van der Waals surface area contributed by atoms with Crippen molar-refractivity contribution in [3.63, 3.8) is 0 Å². The fourth-order valence-corrected chi connectivity index (χ4v) is 1.38. The Morgan fingerprint density at radius 3 is 2.53 bits per heavy atom. The van der Waals surface area contributed by atoms with E-state index in [0.717, 1.165) is 0 Å². The third-order valence-electron chi connectivity index (χ3n) is 1.84. The number of nitrogens with two attached hydrogens (primary N) is 1. The molecule has 3 N–H and O–H groups in total. The van der Waals surface area contributed by atoms with Crippen LogP contribution >= 0.6 is 23.2 Å². The Hall–Kier alpha value is -1.46. The van der Waals surface area contributed by atoms with E-state index in [4.69, 9.17) is 38.8 Å². The lowest BCUT2D eigenvalue weighted by atomic mass is 10.2. The topological polar surface area (TPSA) is 89.6 Å². The zero-order valence-corrected chi connectivity index (χ0v) is 10.1. The lowest BCUT2D eigenvalue weighted by Gasteiger charge is -2.06. The molecule has 0 heterocycles. The highest BCUT2D eigenvalue weighted by atomic mass is 35.5. The van der Waals surface area contributed by atoms with E-state index in [1.807, 2.05) is 0 Å². The fraction of sp³-hybridized carbons (Fsp3) is 0.200. The van der Waals surface area contributed by atoms with Crippen LogP contribution in [-0.4, -0.2) is 23.7 Å². The van der Waals surface area contributed by atoms with Crippen LogP contribution in [0.15, 0.2) is 12.1 Å². The van der Waals surface area contributed by atoms with Gasteiger partial charge in [-0.1, -0.05) is 23.2 Å². The van der Waals surface area contributed by atoms with Crippen molar-refractivity contribution in [3.8, 4) is 0 Å². The number of carboxylic acids is 1. The van der Waals surface area contributed by atoms with Gasteiger partial charge in [0, 0.05) is 0 Å². The Labute approximate surface area is 107 Å². The summed E-state index contributed by atoms with van der Waals surface area (Å²) in [5, 5.41) is 8.67. The second-order valence-electron chi connectivity index (χ2n) is 3.14. The molecule has 7 heteroatoms. The molecule has 0 aliphatic carbocycles. The van der Waals surface area contributed by atoms with Crippen molar-refractivity contribution in [1.29, 1.82) is 0 Å². The highest BCUT2D eigenvalue weighted by Crippen LogP contribution is 2.29. The molecule has 0 unspecified atom stereocenters. The van der Waals surface area contributed by atoms with Gasteiger partial charge in [-0.15, -0.1) is 0 Å². The van der Waals surface area contributed by atoms with Gasteiger partial charge in [-0.05, 0) is 12.1 Å². The number of nitrogen functional groups attached to an aromatic ring is 1. The molecule has 0 aromatic heterocycles. The molecule has 1 aromatic rings. The Morgan fingerprint density at radius 2 is 2.00 bits per heavy atom. The average Bonchev–Trinajstić information content (AvgIpc) is 2.24. The van der Waals surface area contributed by atoms with Crippen molar-refractivity contribution in [2.75, 3.05) is 12.3 Å². The van der Waals surface area contributed by atoms with Crippen molar-refractivity contribution >= 4 is 40.8 Å². The van der Waals surface area contributed by atoms with Crippen molar-refractivity contribution in [2.45, 2.75) is 6.42 Å². The average molecular weight is 278 g/mol. The molecule has 0 saturated heterocycles. The normalized spacial score (nSPS) is 10.0. The third kappa shape index (κ3) is 3.80. The number of esters is 1. The first-order valence-electron chi connectivity index (χ1n) is 4.55. The van der Waals surface area contributed by atoms with Gasteiger partial charge in [-0.2, -0.15) is 0 Å². The van der Waals surface area contributed by atoms with Crippen molar-refractivity contribution in [1.82, 2.24) is 0 Å². The summed E-state index contributed by atoms with van der Waals surface area (Å²) >= 11 is 11.4. The number of carbonyl (C=O) groups is 2. The molecule has 0 spiro atoms. The minimum absolute atomic E-state index is 0.127. The summed E-state index contributed by atoms with van der Waals surface area (Å²) in [6.07, 6.45) is -0.261. The predicted molar refractivity (Wildman–Crippen MR) is 63.4 cm³/mol. The lowest BCUT2D eigenvalue weighted by molar-refractivity contribution is -0.137. The monoisotopic (exact) mass is 277 g/mol. The summed E-state index contributed by atoms with van der Waals surface area (Å²) < 4.78 is 4.71. The quantitative estimate of drug-likeness (QED) is 0.651. The van der Waals surface area contributed by atoms with Crippen LogP contribution in [0.5, 0.6) is 0 Å². The first kappa shape index (κ1) is 13.6. The summed E-state index contributed by atoms with van der Waals surface area (Å²) in [6.45, 7) is -0.214. The summed E-state index contributed by atoms with van der Waals surface area (Å²) in [6, 6.07) is 2.63. The van der Waals surface area contributed by atoms with Gasteiger partial charge >= 0.3 is 11.9 Å². The molecule has 92 valence electrons. The molecule has 0 amide bonds. The van der Waals surface area contributed by atoms with E-state index in [1.165, 1.54) is 12.1 Å². The number of rotatable bonds is 4. The van der Waals surface area contributed by atoms with Gasteiger partial charge in [0.15, 0.2) is 0 Å². The molecule has 1 aromatic carbocycles. The number of hydrogen-bond acceptors (Lipinski definition) is 4. The third-order valence-corrected chi connectivity index (χ3v) is 2.66. The number of halogens is 2. The molecule has 0 radical (unpaired) electrons. The molecule has 17 heavy (non-hydrogen) atoms. The van der Waals surface area contributed by atoms with Gasteiger partial charge in [0.05, 0.1) is 27.7 Å². The van der Waals surface area contributed by atoms with Crippen LogP contribution in [0.2, 0.25) is 10.0 Å². The van der Waals surface area contributed by atoms with Gasteiger partial charge in [0.25, 0.3) is 0 Å². The predicted octanol–water partition coefficient (Wildman–Crippen LogP) is 2.21. The van der Waals surface area contributed by atoms with Gasteiger partial charge in [0.2, 0.25) is 0 Å². The van der Waals surface area contributed by atoms with E-state index in [2.05, 4.69) is 0 Å². The Balaban J connectivity index is 2.73. The molecule has 0 saturated carbocycles. The van der Waals surface area contributed by atoms with E-state index >= 15 is 0 Å². The van der Waals surface area contributed by atoms with Crippen LogP contribution in [0.1, 0.15) is 16.8 Å². The van der Waals surface area contributed by atoms with Crippen LogP contribution in [0.4, 0.5) is 5.69 Å². The Bertz CT molecular complexity index is 439. The Kier molecular flexibility index (Phi) is 4.60. The minimum atomic E-state index is -1.05.